The third-order valence-electron chi connectivity index (χ3n) is 2.75. The predicted octanol–water partition coefficient (Wildman–Crippen LogP) is 1.06. The largest absolute Gasteiger partial charge is 0.480 e. The summed E-state index contributed by atoms with van der Waals surface area (Å²) in [6, 6.07) is -0.246. The van der Waals surface area contributed by atoms with E-state index in [-0.39, 0.29) is 18.6 Å². The van der Waals surface area contributed by atoms with Gasteiger partial charge in [0.15, 0.2) is 0 Å². The Hall–Kier alpha value is -1.30. The number of carboxylic acid groups (broad SMARTS) is 1. The predicted molar refractivity (Wildman–Crippen MR) is 66.5 cm³/mol. The lowest BCUT2D eigenvalue weighted by Gasteiger charge is -2.27. The Morgan fingerprint density at radius 1 is 1.44 bits per heavy atom. The highest BCUT2D eigenvalue weighted by atomic mass is 16.5. The molecule has 0 aromatic carbocycles. The SMILES string of the molecule is CCOC(C)(C)CNC(=O)N(CC(=O)O)C1CC1. The number of rotatable bonds is 7. The molecule has 1 aliphatic rings. The number of urea groups is 1. The van der Waals surface area contributed by atoms with E-state index in [4.69, 9.17) is 9.84 Å². The zero-order valence-corrected chi connectivity index (χ0v) is 11.2. The molecule has 0 aromatic rings. The van der Waals surface area contributed by atoms with Crippen LogP contribution in [0.2, 0.25) is 0 Å². The summed E-state index contributed by atoms with van der Waals surface area (Å²) in [5, 5.41) is 11.5. The normalized spacial score (nSPS) is 15.3. The summed E-state index contributed by atoms with van der Waals surface area (Å²) in [5.41, 5.74) is -0.442. The van der Waals surface area contributed by atoms with Gasteiger partial charge < -0.3 is 20.1 Å². The zero-order valence-electron chi connectivity index (χ0n) is 11.2. The minimum absolute atomic E-state index is 0.0799. The summed E-state index contributed by atoms with van der Waals surface area (Å²) in [6.45, 7) is 6.35. The minimum Gasteiger partial charge on any atom is -0.480 e. The Morgan fingerprint density at radius 2 is 2.06 bits per heavy atom. The fourth-order valence-electron chi connectivity index (χ4n) is 1.73. The summed E-state index contributed by atoms with van der Waals surface area (Å²) < 4.78 is 5.47. The molecule has 0 atom stereocenters. The average molecular weight is 258 g/mol. The van der Waals surface area contributed by atoms with Crippen molar-refractivity contribution in [2.24, 2.45) is 0 Å². The van der Waals surface area contributed by atoms with Crippen molar-refractivity contribution in [2.45, 2.75) is 45.3 Å². The van der Waals surface area contributed by atoms with Gasteiger partial charge in [-0.05, 0) is 33.6 Å². The van der Waals surface area contributed by atoms with Gasteiger partial charge >= 0.3 is 12.0 Å². The van der Waals surface area contributed by atoms with Gasteiger partial charge in [0.05, 0.1) is 5.60 Å². The zero-order chi connectivity index (χ0) is 13.8. The number of hydrogen-bond acceptors (Lipinski definition) is 3. The van der Waals surface area contributed by atoms with Crippen LogP contribution in [0.1, 0.15) is 33.6 Å². The Bertz CT molecular complexity index is 313. The van der Waals surface area contributed by atoms with Gasteiger partial charge in [-0.3, -0.25) is 4.79 Å². The first kappa shape index (κ1) is 14.8. The van der Waals surface area contributed by atoms with Crippen LogP contribution in [0.15, 0.2) is 0 Å². The molecule has 0 radical (unpaired) electrons. The van der Waals surface area contributed by atoms with E-state index in [1.165, 1.54) is 4.90 Å². The molecule has 1 aliphatic carbocycles. The van der Waals surface area contributed by atoms with Gasteiger partial charge in [0.1, 0.15) is 6.54 Å². The van der Waals surface area contributed by atoms with Crippen molar-refractivity contribution < 1.29 is 19.4 Å². The first-order valence-corrected chi connectivity index (χ1v) is 6.26. The van der Waals surface area contributed by atoms with Crippen LogP contribution < -0.4 is 5.32 Å². The molecule has 1 saturated carbocycles. The molecule has 0 saturated heterocycles. The van der Waals surface area contributed by atoms with Crippen molar-refractivity contribution in [3.8, 4) is 0 Å². The molecule has 0 aromatic heterocycles. The summed E-state index contributed by atoms with van der Waals surface area (Å²) in [6.07, 6.45) is 1.77. The number of nitrogens with one attached hydrogen (secondary N) is 1. The molecule has 0 heterocycles. The van der Waals surface area contributed by atoms with Gasteiger partial charge in [-0.1, -0.05) is 0 Å². The standard InChI is InChI=1S/C12H22N2O4/c1-4-18-12(2,3)8-13-11(17)14(7-10(15)16)9-5-6-9/h9H,4-8H2,1-3H3,(H,13,17)(H,15,16). The number of ether oxygens (including phenoxy) is 1. The van der Waals surface area contributed by atoms with Crippen LogP contribution in [-0.4, -0.2) is 53.3 Å². The first-order chi connectivity index (χ1) is 8.35. The van der Waals surface area contributed by atoms with E-state index >= 15 is 0 Å². The van der Waals surface area contributed by atoms with Gasteiger partial charge in [-0.2, -0.15) is 0 Å². The van der Waals surface area contributed by atoms with E-state index in [0.717, 1.165) is 12.8 Å². The van der Waals surface area contributed by atoms with E-state index in [1.807, 2.05) is 20.8 Å². The smallest absolute Gasteiger partial charge is 0.323 e. The highest BCUT2D eigenvalue weighted by Gasteiger charge is 2.34. The summed E-state index contributed by atoms with van der Waals surface area (Å²) in [5.74, 6) is -0.985. The molecule has 1 fully saturated rings. The monoisotopic (exact) mass is 258 g/mol. The Labute approximate surface area is 107 Å². The average Bonchev–Trinajstić information content (AvgIpc) is 3.06. The van der Waals surface area contributed by atoms with Gasteiger partial charge in [0.2, 0.25) is 0 Å². The molecule has 2 amide bonds. The number of nitrogens with zero attached hydrogens (tertiary/aromatic N) is 1. The van der Waals surface area contributed by atoms with Gasteiger partial charge in [0, 0.05) is 19.2 Å². The number of hydrogen-bond donors (Lipinski definition) is 2. The molecule has 2 N–H and O–H groups in total. The number of carboxylic acids is 1. The summed E-state index contributed by atoms with van der Waals surface area (Å²) >= 11 is 0. The maximum Gasteiger partial charge on any atom is 0.323 e. The van der Waals surface area contributed by atoms with E-state index in [1.54, 1.807) is 0 Å². The Kier molecular flexibility index (Phi) is 4.95. The van der Waals surface area contributed by atoms with Crippen molar-refractivity contribution in [1.29, 1.82) is 0 Å². The van der Waals surface area contributed by atoms with Crippen LogP contribution in [0.25, 0.3) is 0 Å². The van der Waals surface area contributed by atoms with Crippen LogP contribution in [0.4, 0.5) is 4.79 Å². The quantitative estimate of drug-likeness (QED) is 0.715. The van der Waals surface area contributed by atoms with E-state index in [2.05, 4.69) is 5.32 Å². The molecule has 0 spiro atoms. The van der Waals surface area contributed by atoms with Gasteiger partial charge in [-0.15, -0.1) is 0 Å². The second-order valence-electron chi connectivity index (χ2n) is 5.10. The van der Waals surface area contributed by atoms with E-state index in [0.29, 0.717) is 13.2 Å². The minimum atomic E-state index is -0.985. The molecule has 104 valence electrons. The molecule has 0 unspecified atom stereocenters. The molecule has 18 heavy (non-hydrogen) atoms. The van der Waals surface area contributed by atoms with Crippen LogP contribution in [-0.2, 0) is 9.53 Å². The molecule has 6 heteroatoms. The Balaban J connectivity index is 2.44. The highest BCUT2D eigenvalue weighted by Crippen LogP contribution is 2.26. The van der Waals surface area contributed by atoms with Crippen LogP contribution >= 0.6 is 0 Å². The fraction of sp³-hybridized carbons (Fsp3) is 0.833. The first-order valence-electron chi connectivity index (χ1n) is 6.26. The second kappa shape index (κ2) is 6.04. The third-order valence-corrected chi connectivity index (χ3v) is 2.75. The third kappa shape index (κ3) is 4.91. The van der Waals surface area contributed by atoms with E-state index < -0.39 is 11.6 Å². The Morgan fingerprint density at radius 3 is 2.50 bits per heavy atom. The number of carbonyl (C=O) groups excluding carboxylic acids is 1. The second-order valence-corrected chi connectivity index (χ2v) is 5.10. The van der Waals surface area contributed by atoms with Crippen molar-refractivity contribution in [3.63, 3.8) is 0 Å². The molecule has 0 aliphatic heterocycles. The maximum absolute atomic E-state index is 11.9. The van der Waals surface area contributed by atoms with E-state index in [9.17, 15) is 9.59 Å². The highest BCUT2D eigenvalue weighted by molar-refractivity contribution is 5.80. The molecule has 1 rings (SSSR count). The fourth-order valence-corrected chi connectivity index (χ4v) is 1.73. The lowest BCUT2D eigenvalue weighted by Crippen LogP contribution is -2.48. The van der Waals surface area contributed by atoms with Gasteiger partial charge in [-0.25, -0.2) is 4.79 Å². The number of aliphatic carboxylic acids is 1. The van der Waals surface area contributed by atoms with Crippen molar-refractivity contribution in [3.05, 3.63) is 0 Å². The van der Waals surface area contributed by atoms with Crippen molar-refractivity contribution in [1.82, 2.24) is 10.2 Å². The lowest BCUT2D eigenvalue weighted by molar-refractivity contribution is -0.137. The van der Waals surface area contributed by atoms with Crippen LogP contribution in [0.5, 0.6) is 0 Å². The molecule has 0 bridgehead atoms. The van der Waals surface area contributed by atoms with Crippen LogP contribution in [0, 0.1) is 0 Å². The summed E-state index contributed by atoms with van der Waals surface area (Å²) in [7, 11) is 0. The van der Waals surface area contributed by atoms with Crippen molar-refractivity contribution >= 4 is 12.0 Å². The summed E-state index contributed by atoms with van der Waals surface area (Å²) in [4.78, 5) is 24.0. The molecular weight excluding hydrogens is 236 g/mol. The van der Waals surface area contributed by atoms with Gasteiger partial charge in [0.25, 0.3) is 0 Å². The molecular formula is C12H22N2O4. The van der Waals surface area contributed by atoms with Crippen molar-refractivity contribution in [2.75, 3.05) is 19.7 Å². The maximum atomic E-state index is 11.9. The lowest BCUT2D eigenvalue weighted by atomic mass is 10.1. The number of amides is 2. The van der Waals surface area contributed by atoms with Crippen LogP contribution in [0.3, 0.4) is 0 Å². The number of carbonyl (C=O) groups is 2. The topological polar surface area (TPSA) is 78.9 Å². The molecule has 6 nitrogen and oxygen atoms in total.